The van der Waals surface area contributed by atoms with Gasteiger partial charge in [0.1, 0.15) is 17.3 Å². The molecule has 3 rings (SSSR count). The molecular formula is C19H17FN2O3. The molecule has 128 valence electrons. The standard InChI is InChI=1S/C19H17FN2O3/c1-24-16-7-5-13(6-8-16)9-10-21-19(23)18-12-17(22-25-18)14-3-2-4-15(20)11-14/h2-8,11-12H,9-10H2,1H3,(H,21,23). The maximum absolute atomic E-state index is 13.2. The number of methoxy groups -OCH3 is 1. The van der Waals surface area contributed by atoms with Crippen LogP contribution in [0.25, 0.3) is 11.3 Å². The lowest BCUT2D eigenvalue weighted by Crippen LogP contribution is -2.25. The Balaban J connectivity index is 1.56. The highest BCUT2D eigenvalue weighted by Crippen LogP contribution is 2.20. The average molecular weight is 340 g/mol. The molecule has 0 unspecified atom stereocenters. The third kappa shape index (κ3) is 4.23. The lowest BCUT2D eigenvalue weighted by molar-refractivity contribution is 0.0917. The van der Waals surface area contributed by atoms with E-state index >= 15 is 0 Å². The molecule has 1 aromatic heterocycles. The van der Waals surface area contributed by atoms with E-state index in [4.69, 9.17) is 9.26 Å². The molecule has 3 aromatic rings. The predicted molar refractivity (Wildman–Crippen MR) is 90.9 cm³/mol. The Hall–Kier alpha value is -3.15. The summed E-state index contributed by atoms with van der Waals surface area (Å²) in [6.07, 6.45) is 0.681. The minimum atomic E-state index is -0.369. The maximum atomic E-state index is 13.2. The van der Waals surface area contributed by atoms with E-state index in [0.717, 1.165) is 11.3 Å². The normalized spacial score (nSPS) is 10.5. The molecule has 0 saturated heterocycles. The molecule has 0 fully saturated rings. The van der Waals surface area contributed by atoms with Crippen LogP contribution in [0.5, 0.6) is 5.75 Å². The Bertz CT molecular complexity index is 859. The van der Waals surface area contributed by atoms with Crippen LogP contribution >= 0.6 is 0 Å². The smallest absolute Gasteiger partial charge is 0.289 e. The topological polar surface area (TPSA) is 64.4 Å². The molecule has 25 heavy (non-hydrogen) atoms. The zero-order chi connectivity index (χ0) is 17.6. The zero-order valence-corrected chi connectivity index (χ0v) is 13.7. The van der Waals surface area contributed by atoms with E-state index in [-0.39, 0.29) is 17.5 Å². The van der Waals surface area contributed by atoms with Crippen molar-refractivity contribution in [3.8, 4) is 17.0 Å². The number of amides is 1. The van der Waals surface area contributed by atoms with E-state index in [2.05, 4.69) is 10.5 Å². The molecule has 0 bridgehead atoms. The quantitative estimate of drug-likeness (QED) is 0.746. The molecule has 1 amide bonds. The van der Waals surface area contributed by atoms with E-state index in [0.29, 0.717) is 24.2 Å². The monoisotopic (exact) mass is 340 g/mol. The molecule has 0 radical (unpaired) electrons. The van der Waals surface area contributed by atoms with E-state index in [1.807, 2.05) is 24.3 Å². The van der Waals surface area contributed by atoms with Crippen LogP contribution in [-0.4, -0.2) is 24.7 Å². The van der Waals surface area contributed by atoms with Gasteiger partial charge in [-0.15, -0.1) is 0 Å². The second-order valence-corrected chi connectivity index (χ2v) is 5.44. The van der Waals surface area contributed by atoms with Crippen molar-refractivity contribution in [2.45, 2.75) is 6.42 Å². The lowest BCUT2D eigenvalue weighted by atomic mass is 10.1. The van der Waals surface area contributed by atoms with Gasteiger partial charge >= 0.3 is 0 Å². The van der Waals surface area contributed by atoms with Crippen LogP contribution in [0.1, 0.15) is 16.1 Å². The van der Waals surface area contributed by atoms with Crippen LogP contribution in [0.2, 0.25) is 0 Å². The van der Waals surface area contributed by atoms with Crippen LogP contribution in [0, 0.1) is 5.82 Å². The van der Waals surface area contributed by atoms with Crippen molar-refractivity contribution in [1.29, 1.82) is 0 Å². The predicted octanol–water partition coefficient (Wildman–Crippen LogP) is 3.46. The molecule has 6 heteroatoms. The van der Waals surface area contributed by atoms with Gasteiger partial charge in [0.15, 0.2) is 0 Å². The highest BCUT2D eigenvalue weighted by Gasteiger charge is 2.14. The highest BCUT2D eigenvalue weighted by atomic mass is 19.1. The van der Waals surface area contributed by atoms with E-state index < -0.39 is 0 Å². The Morgan fingerprint density at radius 1 is 1.20 bits per heavy atom. The summed E-state index contributed by atoms with van der Waals surface area (Å²) >= 11 is 0. The largest absolute Gasteiger partial charge is 0.497 e. The van der Waals surface area contributed by atoms with Crippen LogP contribution < -0.4 is 10.1 Å². The first-order valence-electron chi connectivity index (χ1n) is 7.79. The molecule has 1 N–H and O–H groups in total. The number of hydrogen-bond donors (Lipinski definition) is 1. The van der Waals surface area contributed by atoms with Gasteiger partial charge in [0, 0.05) is 18.2 Å². The van der Waals surface area contributed by atoms with Crippen LogP contribution in [-0.2, 0) is 6.42 Å². The summed E-state index contributed by atoms with van der Waals surface area (Å²) in [5.41, 5.74) is 2.06. The molecule has 0 spiro atoms. The van der Waals surface area contributed by atoms with Gasteiger partial charge in [-0.2, -0.15) is 0 Å². The van der Waals surface area contributed by atoms with Gasteiger partial charge in [-0.25, -0.2) is 4.39 Å². The number of rotatable bonds is 6. The third-order valence-corrected chi connectivity index (χ3v) is 3.71. The fourth-order valence-electron chi connectivity index (χ4n) is 2.37. The summed E-state index contributed by atoms with van der Waals surface area (Å²) in [6, 6.07) is 15.1. The van der Waals surface area contributed by atoms with Crippen molar-refractivity contribution in [1.82, 2.24) is 10.5 Å². The molecule has 0 aliphatic heterocycles. The number of carbonyl (C=O) groups excluding carboxylic acids is 1. The van der Waals surface area contributed by atoms with Gasteiger partial charge in [0.05, 0.1) is 7.11 Å². The summed E-state index contributed by atoms with van der Waals surface area (Å²) in [7, 11) is 1.62. The minimum Gasteiger partial charge on any atom is -0.497 e. The first kappa shape index (κ1) is 16.7. The second-order valence-electron chi connectivity index (χ2n) is 5.44. The number of ether oxygens (including phenoxy) is 1. The molecule has 0 aliphatic rings. The summed E-state index contributed by atoms with van der Waals surface area (Å²) in [4.78, 5) is 12.1. The van der Waals surface area contributed by atoms with Crippen molar-refractivity contribution in [2.24, 2.45) is 0 Å². The molecule has 0 atom stereocenters. The average Bonchev–Trinajstić information content (AvgIpc) is 3.12. The Kier molecular flexibility index (Phi) is 5.09. The van der Waals surface area contributed by atoms with Gasteiger partial charge in [-0.05, 0) is 36.2 Å². The van der Waals surface area contributed by atoms with Crippen molar-refractivity contribution in [2.75, 3.05) is 13.7 Å². The lowest BCUT2D eigenvalue weighted by Gasteiger charge is -2.04. The number of halogens is 1. The number of hydrogen-bond acceptors (Lipinski definition) is 4. The first-order valence-corrected chi connectivity index (χ1v) is 7.79. The van der Waals surface area contributed by atoms with Crippen molar-refractivity contribution < 1.29 is 18.4 Å². The van der Waals surface area contributed by atoms with Gasteiger partial charge in [-0.3, -0.25) is 4.79 Å². The molecule has 5 nitrogen and oxygen atoms in total. The number of aromatic nitrogens is 1. The van der Waals surface area contributed by atoms with Gasteiger partial charge in [0.2, 0.25) is 5.76 Å². The molecule has 2 aromatic carbocycles. The number of benzene rings is 2. The summed E-state index contributed by atoms with van der Waals surface area (Å²) in [6.45, 7) is 0.459. The number of carbonyl (C=O) groups is 1. The molecule has 0 aliphatic carbocycles. The molecule has 1 heterocycles. The zero-order valence-electron chi connectivity index (χ0n) is 13.7. The first-order chi connectivity index (χ1) is 12.2. The van der Waals surface area contributed by atoms with Gasteiger partial charge < -0.3 is 14.6 Å². The molecule has 0 saturated carbocycles. The van der Waals surface area contributed by atoms with Gasteiger partial charge in [-0.1, -0.05) is 29.4 Å². The fraction of sp³-hybridized carbons (Fsp3) is 0.158. The SMILES string of the molecule is COc1ccc(CCNC(=O)c2cc(-c3cccc(F)c3)no2)cc1. The van der Waals surface area contributed by atoms with Crippen LogP contribution in [0.4, 0.5) is 4.39 Å². The third-order valence-electron chi connectivity index (χ3n) is 3.71. The summed E-state index contributed by atoms with van der Waals surface area (Å²) < 4.78 is 23.4. The minimum absolute atomic E-state index is 0.0917. The fourth-order valence-corrected chi connectivity index (χ4v) is 2.37. The Morgan fingerprint density at radius 2 is 2.00 bits per heavy atom. The summed E-state index contributed by atoms with van der Waals surface area (Å²) in [5, 5.41) is 6.59. The second kappa shape index (κ2) is 7.61. The molecular weight excluding hydrogens is 323 g/mol. The number of nitrogens with zero attached hydrogens (tertiary/aromatic N) is 1. The maximum Gasteiger partial charge on any atom is 0.289 e. The van der Waals surface area contributed by atoms with Crippen LogP contribution in [0.15, 0.2) is 59.1 Å². The Labute approximate surface area is 144 Å². The highest BCUT2D eigenvalue weighted by molar-refractivity contribution is 5.92. The van der Waals surface area contributed by atoms with E-state index in [1.165, 1.54) is 18.2 Å². The number of nitrogens with one attached hydrogen (secondary N) is 1. The van der Waals surface area contributed by atoms with Crippen molar-refractivity contribution >= 4 is 5.91 Å². The van der Waals surface area contributed by atoms with E-state index in [1.54, 1.807) is 19.2 Å². The van der Waals surface area contributed by atoms with Crippen molar-refractivity contribution in [3.63, 3.8) is 0 Å². The van der Waals surface area contributed by atoms with E-state index in [9.17, 15) is 9.18 Å². The van der Waals surface area contributed by atoms with Crippen molar-refractivity contribution in [3.05, 3.63) is 71.7 Å². The van der Waals surface area contributed by atoms with Gasteiger partial charge in [0.25, 0.3) is 5.91 Å². The summed E-state index contributed by atoms with van der Waals surface area (Å²) in [5.74, 6) is 0.156. The van der Waals surface area contributed by atoms with Crippen LogP contribution in [0.3, 0.4) is 0 Å². The Morgan fingerprint density at radius 3 is 2.72 bits per heavy atom.